The standard InChI is InChI=1S/C44H37ClN10O17S7.O3S/c1-21-14-31(51-53-37-23(3)27(20-46)42-47-38-35(78(66,67)68)9-8-28(45)40(38)55(42)43(37)56)33(72-10-4-12-75(57,58)59)18-29(21)49-52-32-15-22(2)30(19-34(32)73-11-5-13-76(60,61)62)50-54-44-48-39-36(79(69,70)71)16-24-6-7-25(77(63,64)65)17-26(24)41(39)74-44;1-4(2)3/h6-9,14-19,56H,4-5,10-13H2,1-3H3,(H,57,58,59)(H,60,61,62)(H,63,64,65)(H,66,67,68)(H,69,70,71);. The number of aromatic hydroxyl groups is 1. The first-order chi connectivity index (χ1) is 38.6. The fourth-order valence-corrected chi connectivity index (χ4v) is 12.9. The van der Waals surface area contributed by atoms with E-state index in [1.54, 1.807) is 19.9 Å². The molecule has 30 nitrogen and oxygen atoms in total. The minimum Gasteiger partial charge on any atom is -0.493 e. The molecule has 0 fully saturated rings. The Morgan fingerprint density at radius 3 is 1.90 bits per heavy atom. The lowest BCUT2D eigenvalue weighted by molar-refractivity contribution is 0.317. The number of pyridine rings is 1. The Morgan fingerprint density at radius 1 is 0.699 bits per heavy atom. The van der Waals surface area contributed by atoms with Gasteiger partial charge in [0.1, 0.15) is 43.9 Å². The molecule has 8 rings (SSSR count). The van der Waals surface area contributed by atoms with Crippen LogP contribution in [0.2, 0.25) is 5.02 Å². The average molecular weight is 1320 g/mol. The van der Waals surface area contributed by atoms with Gasteiger partial charge in [-0.25, -0.2) is 9.97 Å². The first-order valence-corrected chi connectivity index (χ1v) is 33.3. The van der Waals surface area contributed by atoms with Gasteiger partial charge in [-0.3, -0.25) is 27.2 Å². The molecule has 438 valence electrons. The van der Waals surface area contributed by atoms with Crippen LogP contribution in [0.4, 0.5) is 33.6 Å². The zero-order chi connectivity index (χ0) is 61.3. The number of thioether (sulfide) groups is 1. The van der Waals surface area contributed by atoms with Crippen molar-refractivity contribution >= 4 is 167 Å². The molecule has 5 aromatic carbocycles. The van der Waals surface area contributed by atoms with Gasteiger partial charge in [0.25, 0.3) is 50.6 Å². The zero-order valence-electron chi connectivity index (χ0n) is 42.0. The topological polar surface area (TPSA) is 481 Å². The maximum Gasteiger partial charge on any atom is 0.425 e. The number of azo groups is 3. The number of ether oxygens (including phenoxy) is 1. The largest absolute Gasteiger partial charge is 0.493 e. The lowest BCUT2D eigenvalue weighted by atomic mass is 10.1. The second-order valence-electron chi connectivity index (χ2n) is 17.1. The molecule has 3 aromatic heterocycles. The number of aryl methyl sites for hydroxylation is 2. The van der Waals surface area contributed by atoms with E-state index in [1.807, 2.05) is 6.07 Å². The number of hydrogen-bond acceptors (Lipinski definition) is 26. The minimum absolute atomic E-state index is 0.0160. The normalized spacial score (nSPS) is 12.8. The van der Waals surface area contributed by atoms with Gasteiger partial charge in [-0.1, -0.05) is 29.0 Å². The van der Waals surface area contributed by atoms with Crippen LogP contribution in [-0.4, -0.2) is 121 Å². The van der Waals surface area contributed by atoms with Crippen LogP contribution in [0, 0.1) is 32.1 Å². The van der Waals surface area contributed by atoms with E-state index in [9.17, 15) is 75.2 Å². The summed E-state index contributed by atoms with van der Waals surface area (Å²) in [4.78, 5) is 7.07. The van der Waals surface area contributed by atoms with E-state index < -0.39 is 93.3 Å². The van der Waals surface area contributed by atoms with Crippen LogP contribution in [-0.2, 0) is 61.2 Å². The summed E-state index contributed by atoms with van der Waals surface area (Å²) in [5.41, 5.74) is -0.206. The molecular weight excluding hydrogens is 1280 g/mol. The number of nitrogens with zero attached hydrogens (tertiary/aromatic N) is 10. The molecule has 0 radical (unpaired) electrons. The Balaban J connectivity index is 0.00000240. The highest BCUT2D eigenvalue weighted by Gasteiger charge is 2.27. The van der Waals surface area contributed by atoms with Crippen LogP contribution < -0.4 is 4.74 Å². The number of thiazole rings is 1. The number of imidazole rings is 1. The van der Waals surface area contributed by atoms with Crippen LogP contribution in [0.5, 0.6) is 11.6 Å². The van der Waals surface area contributed by atoms with Crippen molar-refractivity contribution < 1.29 is 87.3 Å². The Kier molecular flexibility index (Phi) is 18.8. The van der Waals surface area contributed by atoms with Crippen LogP contribution in [0.3, 0.4) is 0 Å². The number of halogens is 1. The molecule has 8 aromatic rings. The van der Waals surface area contributed by atoms with E-state index in [2.05, 4.69) is 40.7 Å². The van der Waals surface area contributed by atoms with Crippen molar-refractivity contribution in [2.24, 2.45) is 30.7 Å². The van der Waals surface area contributed by atoms with E-state index in [0.29, 0.717) is 16.0 Å². The molecular formula is C44H37ClN10O20S8. The Hall–Kier alpha value is -7.10. The number of rotatable bonds is 19. The van der Waals surface area contributed by atoms with Crippen molar-refractivity contribution in [3.63, 3.8) is 0 Å². The monoisotopic (exact) mass is 1320 g/mol. The van der Waals surface area contributed by atoms with Crippen LogP contribution in [0.1, 0.15) is 35.1 Å². The van der Waals surface area contributed by atoms with Crippen molar-refractivity contribution in [1.82, 2.24) is 14.4 Å². The highest BCUT2D eigenvalue weighted by atomic mass is 35.5. The van der Waals surface area contributed by atoms with E-state index in [1.165, 1.54) is 31.2 Å². The number of fused-ring (bicyclic) bond motifs is 6. The highest BCUT2D eigenvalue weighted by molar-refractivity contribution is 7.99. The molecule has 0 amide bonds. The average Bonchev–Trinajstić information content (AvgIpc) is 2.30. The van der Waals surface area contributed by atoms with E-state index >= 15 is 0 Å². The maximum absolute atomic E-state index is 12.5. The van der Waals surface area contributed by atoms with Crippen molar-refractivity contribution in [2.45, 2.75) is 53.2 Å². The molecule has 0 aliphatic carbocycles. The number of hydrogen-bond donors (Lipinski definition) is 6. The SMILES string of the molecule is Cc1cc(N=Nc2cc(OCCCS(=O)(=O)O)c(N=Nc3c(C)c(C#N)c4nc5c(S(=O)(=O)O)ccc(Cl)c5n4c3O)cc2C)c(SCCCS(=O)(=O)O)cc1N=Nc1nc2c(S(=O)(=O)O)cc3ccc(S(=O)(=O)O)cc3c2s1.O=S(=O)=O. The van der Waals surface area contributed by atoms with E-state index in [-0.39, 0.29) is 118 Å². The molecule has 0 saturated carbocycles. The van der Waals surface area contributed by atoms with Crippen LogP contribution in [0.15, 0.2) is 111 Å². The number of benzene rings is 5. The summed E-state index contributed by atoms with van der Waals surface area (Å²) in [5.74, 6) is -1.92. The predicted octanol–water partition coefficient (Wildman–Crippen LogP) is 9.42. The zero-order valence-corrected chi connectivity index (χ0v) is 49.3. The molecule has 0 spiro atoms. The minimum atomic E-state index is -4.89. The molecule has 0 unspecified atom stereocenters. The summed E-state index contributed by atoms with van der Waals surface area (Å²) in [7, 11) is -26.3. The fourth-order valence-electron chi connectivity index (χ4n) is 7.72. The van der Waals surface area contributed by atoms with Gasteiger partial charge in [0.2, 0.25) is 11.0 Å². The third kappa shape index (κ3) is 15.2. The Bertz CT molecular complexity index is 4870. The van der Waals surface area contributed by atoms with Gasteiger partial charge in [-0.05, 0) is 104 Å². The van der Waals surface area contributed by atoms with Gasteiger partial charge in [0.05, 0.1) is 55.3 Å². The lowest BCUT2D eigenvalue weighted by Crippen LogP contribution is -2.08. The van der Waals surface area contributed by atoms with Gasteiger partial charge in [0, 0.05) is 21.9 Å². The smallest absolute Gasteiger partial charge is 0.425 e. The number of nitriles is 1. The predicted molar refractivity (Wildman–Crippen MR) is 298 cm³/mol. The molecule has 39 heteroatoms. The van der Waals surface area contributed by atoms with Gasteiger partial charge < -0.3 is 9.84 Å². The van der Waals surface area contributed by atoms with Crippen molar-refractivity contribution in [1.29, 1.82) is 5.26 Å². The second-order valence-corrected chi connectivity index (χ2v) is 27.4. The summed E-state index contributed by atoms with van der Waals surface area (Å²) < 4.78 is 200. The molecule has 0 atom stereocenters. The second kappa shape index (κ2) is 24.6. The highest BCUT2D eigenvalue weighted by Crippen LogP contribution is 2.45. The van der Waals surface area contributed by atoms with Crippen molar-refractivity contribution in [3.05, 3.63) is 87.9 Å². The Labute approximate surface area is 484 Å². The summed E-state index contributed by atoms with van der Waals surface area (Å²) in [6.07, 6.45) is -0.222. The van der Waals surface area contributed by atoms with Crippen molar-refractivity contribution in [2.75, 3.05) is 23.9 Å². The molecule has 0 aliphatic heterocycles. The van der Waals surface area contributed by atoms with Crippen LogP contribution in [0.25, 0.3) is 37.7 Å². The molecule has 0 aliphatic rings. The summed E-state index contributed by atoms with van der Waals surface area (Å²) in [6.45, 7) is 4.32. The third-order valence-corrected chi connectivity index (χ3v) is 18.0. The summed E-state index contributed by atoms with van der Waals surface area (Å²) >= 11 is 8.33. The Morgan fingerprint density at radius 2 is 1.29 bits per heavy atom. The molecule has 83 heavy (non-hydrogen) atoms. The molecule has 0 bridgehead atoms. The molecule has 6 N–H and O–H groups in total. The first-order valence-electron chi connectivity index (χ1n) is 22.6. The maximum atomic E-state index is 12.5. The first kappa shape index (κ1) is 63.5. The summed E-state index contributed by atoms with van der Waals surface area (Å²) in [6, 6.07) is 14.4. The van der Waals surface area contributed by atoms with Gasteiger partial charge in [0.15, 0.2) is 11.3 Å². The third-order valence-electron chi connectivity index (χ3n) is 11.4. The van der Waals surface area contributed by atoms with E-state index in [4.69, 9.17) is 29.0 Å². The molecule has 0 saturated heterocycles. The van der Waals surface area contributed by atoms with Crippen LogP contribution >= 0.6 is 34.7 Å². The number of aromatic nitrogens is 3. The molecule has 3 heterocycles. The van der Waals surface area contributed by atoms with Gasteiger partial charge in [-0.15, -0.1) is 50.0 Å². The van der Waals surface area contributed by atoms with Gasteiger partial charge >= 0.3 is 10.6 Å². The van der Waals surface area contributed by atoms with E-state index in [0.717, 1.165) is 57.8 Å². The quantitative estimate of drug-likeness (QED) is 0.0190. The lowest BCUT2D eigenvalue weighted by Gasteiger charge is -2.12. The van der Waals surface area contributed by atoms with Gasteiger partial charge in [-0.2, -0.15) is 52.5 Å². The summed E-state index contributed by atoms with van der Waals surface area (Å²) in [5, 5.41) is 47.9. The fraction of sp³-hybridized carbons (Fsp3) is 0.205. The van der Waals surface area contributed by atoms with Crippen molar-refractivity contribution in [3.8, 4) is 17.7 Å².